The standard InChI is InChI=1S/C22H17N3O5/c1-27-14-17(21(26)28-2)16-8-4-6-10-19(16)30-22-24-12-11-20(25-22)29-18-9-5-3-7-15(18)13-23/h3-12,14H,1-2H3/b17-14+. The summed E-state index contributed by atoms with van der Waals surface area (Å²) < 4.78 is 21.3. The van der Waals surface area contributed by atoms with E-state index in [0.29, 0.717) is 22.6 Å². The van der Waals surface area contributed by atoms with E-state index in [-0.39, 0.29) is 17.5 Å². The van der Waals surface area contributed by atoms with Crippen LogP contribution in [0, 0.1) is 11.3 Å². The minimum atomic E-state index is -0.584. The van der Waals surface area contributed by atoms with Crippen molar-refractivity contribution >= 4 is 11.5 Å². The summed E-state index contributed by atoms with van der Waals surface area (Å²) in [6.07, 6.45) is 2.73. The third-order valence-corrected chi connectivity index (χ3v) is 3.85. The summed E-state index contributed by atoms with van der Waals surface area (Å²) in [5, 5.41) is 9.20. The first kappa shape index (κ1) is 20.4. The van der Waals surface area contributed by atoms with Gasteiger partial charge in [-0.15, -0.1) is 0 Å². The molecule has 3 aromatic rings. The number of esters is 1. The number of rotatable bonds is 7. The highest BCUT2D eigenvalue weighted by molar-refractivity contribution is 6.17. The predicted molar refractivity (Wildman–Crippen MR) is 107 cm³/mol. The Morgan fingerprint density at radius 1 is 1.00 bits per heavy atom. The molecule has 1 aromatic heterocycles. The SMILES string of the molecule is CO/C=C(/C(=O)OC)c1ccccc1Oc1nccc(Oc2ccccc2C#N)n1. The van der Waals surface area contributed by atoms with Gasteiger partial charge in [0.05, 0.1) is 26.0 Å². The molecule has 3 rings (SSSR count). The van der Waals surface area contributed by atoms with Crippen LogP contribution < -0.4 is 9.47 Å². The summed E-state index contributed by atoms with van der Waals surface area (Å²) in [6, 6.07) is 17.2. The number of carbonyl (C=O) groups is 1. The molecule has 0 bridgehead atoms. The normalized spacial score (nSPS) is 10.6. The topological polar surface area (TPSA) is 104 Å². The van der Waals surface area contributed by atoms with Crippen molar-refractivity contribution in [3.63, 3.8) is 0 Å². The molecule has 0 fully saturated rings. The first-order chi connectivity index (χ1) is 14.7. The van der Waals surface area contributed by atoms with E-state index in [2.05, 4.69) is 16.0 Å². The zero-order valence-electron chi connectivity index (χ0n) is 16.2. The highest BCUT2D eigenvalue weighted by Crippen LogP contribution is 2.31. The number of carbonyl (C=O) groups excluding carboxylic acids is 1. The van der Waals surface area contributed by atoms with E-state index in [1.807, 2.05) is 0 Å². The molecule has 0 spiro atoms. The molecule has 2 aromatic carbocycles. The Kier molecular flexibility index (Phi) is 6.59. The molecule has 150 valence electrons. The first-order valence-electron chi connectivity index (χ1n) is 8.74. The van der Waals surface area contributed by atoms with E-state index in [9.17, 15) is 10.1 Å². The van der Waals surface area contributed by atoms with Crippen LogP contribution in [0.4, 0.5) is 0 Å². The van der Waals surface area contributed by atoms with Crippen LogP contribution in [0.1, 0.15) is 11.1 Å². The van der Waals surface area contributed by atoms with Crippen LogP contribution in [0.2, 0.25) is 0 Å². The number of benzene rings is 2. The minimum absolute atomic E-state index is 0.00368. The van der Waals surface area contributed by atoms with Crippen molar-refractivity contribution in [2.45, 2.75) is 0 Å². The number of para-hydroxylation sites is 2. The van der Waals surface area contributed by atoms with Crippen molar-refractivity contribution in [2.24, 2.45) is 0 Å². The summed E-state index contributed by atoms with van der Waals surface area (Å²) in [5.74, 6) is 0.293. The highest BCUT2D eigenvalue weighted by Gasteiger charge is 2.19. The molecule has 0 N–H and O–H groups in total. The smallest absolute Gasteiger partial charge is 0.341 e. The van der Waals surface area contributed by atoms with Crippen molar-refractivity contribution < 1.29 is 23.7 Å². The average molecular weight is 403 g/mol. The molecule has 0 saturated heterocycles. The lowest BCUT2D eigenvalue weighted by molar-refractivity contribution is -0.133. The Morgan fingerprint density at radius 2 is 1.73 bits per heavy atom. The van der Waals surface area contributed by atoms with E-state index < -0.39 is 5.97 Å². The van der Waals surface area contributed by atoms with Gasteiger partial charge in [0.2, 0.25) is 5.88 Å². The van der Waals surface area contributed by atoms with E-state index in [0.717, 1.165) is 0 Å². The van der Waals surface area contributed by atoms with E-state index in [1.165, 1.54) is 32.7 Å². The van der Waals surface area contributed by atoms with Gasteiger partial charge in [0.15, 0.2) is 0 Å². The van der Waals surface area contributed by atoms with Crippen LogP contribution in [-0.4, -0.2) is 30.2 Å². The molecule has 0 aliphatic rings. The lowest BCUT2D eigenvalue weighted by atomic mass is 10.1. The van der Waals surface area contributed by atoms with E-state index >= 15 is 0 Å². The van der Waals surface area contributed by atoms with Gasteiger partial charge in [-0.3, -0.25) is 0 Å². The van der Waals surface area contributed by atoms with Crippen molar-refractivity contribution in [1.82, 2.24) is 9.97 Å². The molecule has 0 radical (unpaired) electrons. The summed E-state index contributed by atoms with van der Waals surface area (Å²) in [4.78, 5) is 20.4. The van der Waals surface area contributed by atoms with E-state index in [1.54, 1.807) is 48.5 Å². The van der Waals surface area contributed by atoms with Crippen molar-refractivity contribution in [3.8, 4) is 29.5 Å². The molecule has 0 aliphatic carbocycles. The highest BCUT2D eigenvalue weighted by atomic mass is 16.5. The van der Waals surface area contributed by atoms with Gasteiger partial charge >= 0.3 is 12.0 Å². The Morgan fingerprint density at radius 3 is 2.47 bits per heavy atom. The Bertz CT molecular complexity index is 1120. The van der Waals surface area contributed by atoms with Gasteiger partial charge in [0.25, 0.3) is 0 Å². The fourth-order valence-corrected chi connectivity index (χ4v) is 2.52. The number of hydrogen-bond acceptors (Lipinski definition) is 8. The van der Waals surface area contributed by atoms with Crippen LogP contribution in [-0.2, 0) is 14.3 Å². The maximum absolute atomic E-state index is 12.1. The quantitative estimate of drug-likeness (QED) is 0.330. The molecule has 0 unspecified atom stereocenters. The second-order valence-corrected chi connectivity index (χ2v) is 5.74. The van der Waals surface area contributed by atoms with Gasteiger partial charge in [-0.25, -0.2) is 9.78 Å². The van der Waals surface area contributed by atoms with Gasteiger partial charge in [0, 0.05) is 17.8 Å². The molecule has 30 heavy (non-hydrogen) atoms. The average Bonchev–Trinajstić information content (AvgIpc) is 2.78. The number of ether oxygens (including phenoxy) is 4. The molecule has 0 aliphatic heterocycles. The predicted octanol–water partition coefficient (Wildman–Crippen LogP) is 4.09. The zero-order chi connectivity index (χ0) is 21.3. The number of nitriles is 1. The Hall–Kier alpha value is -4.38. The molecule has 8 heteroatoms. The summed E-state index contributed by atoms with van der Waals surface area (Å²) >= 11 is 0. The fourth-order valence-electron chi connectivity index (χ4n) is 2.52. The molecule has 8 nitrogen and oxygen atoms in total. The van der Waals surface area contributed by atoms with Crippen molar-refractivity contribution in [2.75, 3.05) is 14.2 Å². The summed E-state index contributed by atoms with van der Waals surface area (Å²) in [5.41, 5.74) is 0.984. The van der Waals surface area contributed by atoms with Crippen LogP contribution in [0.3, 0.4) is 0 Å². The molecular formula is C22H17N3O5. The third kappa shape index (κ3) is 4.72. The molecule has 0 atom stereocenters. The van der Waals surface area contributed by atoms with Gasteiger partial charge in [-0.05, 0) is 18.2 Å². The zero-order valence-corrected chi connectivity index (χ0v) is 16.2. The monoisotopic (exact) mass is 403 g/mol. The van der Waals surface area contributed by atoms with Gasteiger partial charge in [0.1, 0.15) is 23.1 Å². The minimum Gasteiger partial charge on any atom is -0.503 e. The van der Waals surface area contributed by atoms with Gasteiger partial charge < -0.3 is 18.9 Å². The molecule has 0 saturated carbocycles. The number of methoxy groups -OCH3 is 2. The maximum Gasteiger partial charge on any atom is 0.341 e. The summed E-state index contributed by atoms with van der Waals surface area (Å²) in [6.45, 7) is 0. The largest absolute Gasteiger partial charge is 0.503 e. The first-order valence-corrected chi connectivity index (χ1v) is 8.74. The summed E-state index contributed by atoms with van der Waals surface area (Å²) in [7, 11) is 2.70. The van der Waals surface area contributed by atoms with Crippen LogP contribution >= 0.6 is 0 Å². The Balaban J connectivity index is 1.90. The van der Waals surface area contributed by atoms with Gasteiger partial charge in [-0.1, -0.05) is 30.3 Å². The second-order valence-electron chi connectivity index (χ2n) is 5.74. The fraction of sp³-hybridized carbons (Fsp3) is 0.0909. The maximum atomic E-state index is 12.1. The van der Waals surface area contributed by atoms with Crippen LogP contribution in [0.15, 0.2) is 67.1 Å². The molecule has 0 amide bonds. The van der Waals surface area contributed by atoms with E-state index in [4.69, 9.17) is 18.9 Å². The Labute approximate surface area is 172 Å². The van der Waals surface area contributed by atoms with Crippen LogP contribution in [0.25, 0.3) is 5.57 Å². The number of aromatic nitrogens is 2. The van der Waals surface area contributed by atoms with Crippen LogP contribution in [0.5, 0.6) is 23.4 Å². The lowest BCUT2D eigenvalue weighted by Crippen LogP contribution is -2.06. The number of nitrogens with zero attached hydrogens (tertiary/aromatic N) is 3. The van der Waals surface area contributed by atoms with Crippen molar-refractivity contribution in [3.05, 3.63) is 78.2 Å². The third-order valence-electron chi connectivity index (χ3n) is 3.85. The van der Waals surface area contributed by atoms with Crippen molar-refractivity contribution in [1.29, 1.82) is 5.26 Å². The number of hydrogen-bond donors (Lipinski definition) is 0. The second kappa shape index (κ2) is 9.71. The molecule has 1 heterocycles. The lowest BCUT2D eigenvalue weighted by Gasteiger charge is -2.12. The molecular weight excluding hydrogens is 386 g/mol. The van der Waals surface area contributed by atoms with Gasteiger partial charge in [-0.2, -0.15) is 10.2 Å².